The van der Waals surface area contributed by atoms with E-state index < -0.39 is 0 Å². The maximum absolute atomic E-state index is 9.51. The van der Waals surface area contributed by atoms with E-state index in [0.717, 1.165) is 16.7 Å². The van der Waals surface area contributed by atoms with Crippen molar-refractivity contribution in [2.75, 3.05) is 0 Å². The van der Waals surface area contributed by atoms with Gasteiger partial charge in [0.1, 0.15) is 5.75 Å². The minimum absolute atomic E-state index is 0.217. The molecule has 2 rings (SSSR count). The van der Waals surface area contributed by atoms with Gasteiger partial charge in [-0.2, -0.15) is 0 Å². The first-order chi connectivity index (χ1) is 6.33. The number of benzene rings is 1. The Morgan fingerprint density at radius 2 is 2.31 bits per heavy atom. The Morgan fingerprint density at radius 3 is 3.08 bits per heavy atom. The Balaban J connectivity index is 2.45. The summed E-state index contributed by atoms with van der Waals surface area (Å²) in [4.78, 5) is 4.52. The second kappa shape index (κ2) is 3.33. The van der Waals surface area contributed by atoms with E-state index in [1.54, 1.807) is 6.07 Å². The average molecular weight is 181 g/mol. The van der Waals surface area contributed by atoms with Crippen LogP contribution < -0.4 is 5.90 Å². The molecule has 0 aromatic heterocycles. The molecular formula is C9H11NO3. The zero-order chi connectivity index (χ0) is 9.26. The summed E-state index contributed by atoms with van der Waals surface area (Å²) >= 11 is 0. The lowest BCUT2D eigenvalue weighted by Gasteiger charge is -2.07. The Hall–Kier alpha value is -1.10. The summed E-state index contributed by atoms with van der Waals surface area (Å²) in [7, 11) is 0. The van der Waals surface area contributed by atoms with Crippen LogP contribution in [0.5, 0.6) is 5.75 Å². The molecule has 0 unspecified atom stereocenters. The van der Waals surface area contributed by atoms with Gasteiger partial charge in [-0.15, -0.1) is 0 Å². The van der Waals surface area contributed by atoms with Gasteiger partial charge in [-0.25, -0.2) is 5.90 Å². The zero-order valence-electron chi connectivity index (χ0n) is 7.12. The third-order valence-corrected chi connectivity index (χ3v) is 2.24. The van der Waals surface area contributed by atoms with Gasteiger partial charge in [0, 0.05) is 5.56 Å². The number of hydrogen-bond donors (Lipinski definition) is 2. The first-order valence-corrected chi connectivity index (χ1v) is 4.05. The Kier molecular flexibility index (Phi) is 2.18. The number of rotatable bonds is 2. The number of aromatic hydroxyl groups is 1. The fourth-order valence-corrected chi connectivity index (χ4v) is 1.55. The molecule has 4 nitrogen and oxygen atoms in total. The quantitative estimate of drug-likeness (QED) is 0.663. The number of fused-ring (bicyclic) bond motifs is 1. The first kappa shape index (κ1) is 8.50. The smallest absolute Gasteiger partial charge is 0.121 e. The van der Waals surface area contributed by atoms with Gasteiger partial charge in [-0.05, 0) is 17.2 Å². The molecule has 0 fully saturated rings. The Morgan fingerprint density at radius 1 is 1.46 bits per heavy atom. The van der Waals surface area contributed by atoms with Crippen molar-refractivity contribution in [2.45, 2.75) is 19.8 Å². The maximum atomic E-state index is 9.51. The number of hydrogen-bond acceptors (Lipinski definition) is 4. The van der Waals surface area contributed by atoms with Crippen LogP contribution in [0, 0.1) is 0 Å². The molecule has 0 aliphatic carbocycles. The van der Waals surface area contributed by atoms with E-state index >= 15 is 0 Å². The van der Waals surface area contributed by atoms with E-state index in [9.17, 15) is 5.11 Å². The number of phenolic OH excluding ortho intramolecular Hbond substituents is 1. The standard InChI is InChI=1S/C9H11NO3/c10-13-5-8-7-4-12-3-6(7)1-2-9(8)11/h1-2,11H,3-5,10H2. The third-order valence-electron chi connectivity index (χ3n) is 2.24. The topological polar surface area (TPSA) is 64.7 Å². The number of nitrogens with two attached hydrogens (primary N) is 1. The second-order valence-electron chi connectivity index (χ2n) is 3.00. The molecule has 3 N–H and O–H groups in total. The predicted molar refractivity (Wildman–Crippen MR) is 45.6 cm³/mol. The molecule has 1 heterocycles. The normalized spacial score (nSPS) is 14.5. The number of ether oxygens (including phenoxy) is 1. The molecular weight excluding hydrogens is 170 g/mol. The van der Waals surface area contributed by atoms with Gasteiger partial charge >= 0.3 is 0 Å². The summed E-state index contributed by atoms with van der Waals surface area (Å²) in [5.41, 5.74) is 2.84. The molecule has 1 aromatic rings. The molecule has 0 radical (unpaired) electrons. The van der Waals surface area contributed by atoms with Crippen molar-refractivity contribution in [1.82, 2.24) is 0 Å². The highest BCUT2D eigenvalue weighted by atomic mass is 16.6. The zero-order valence-corrected chi connectivity index (χ0v) is 7.12. The van der Waals surface area contributed by atoms with Gasteiger partial charge in [0.2, 0.25) is 0 Å². The first-order valence-electron chi connectivity index (χ1n) is 4.05. The minimum atomic E-state index is 0.217. The van der Waals surface area contributed by atoms with Crippen LogP contribution in [0.4, 0.5) is 0 Å². The highest BCUT2D eigenvalue weighted by molar-refractivity contribution is 5.44. The van der Waals surface area contributed by atoms with Crippen molar-refractivity contribution in [3.05, 3.63) is 28.8 Å². The highest BCUT2D eigenvalue weighted by Crippen LogP contribution is 2.30. The lowest BCUT2D eigenvalue weighted by atomic mass is 10.0. The summed E-state index contributed by atoms with van der Waals surface area (Å²) in [6, 6.07) is 3.50. The van der Waals surface area contributed by atoms with Gasteiger partial charge in [-0.1, -0.05) is 6.07 Å². The molecule has 1 aromatic carbocycles. The molecule has 1 aliphatic heterocycles. The molecule has 13 heavy (non-hydrogen) atoms. The van der Waals surface area contributed by atoms with Crippen molar-refractivity contribution in [3.63, 3.8) is 0 Å². The van der Waals surface area contributed by atoms with Crippen LogP contribution in [0.3, 0.4) is 0 Å². The van der Waals surface area contributed by atoms with Gasteiger partial charge < -0.3 is 9.84 Å². The lowest BCUT2D eigenvalue weighted by Crippen LogP contribution is -2.02. The van der Waals surface area contributed by atoms with Crippen LogP contribution in [0.15, 0.2) is 12.1 Å². The van der Waals surface area contributed by atoms with E-state index in [0.29, 0.717) is 13.2 Å². The molecule has 0 atom stereocenters. The van der Waals surface area contributed by atoms with Gasteiger partial charge in [0.25, 0.3) is 0 Å². The van der Waals surface area contributed by atoms with E-state index in [1.165, 1.54) is 0 Å². The molecule has 0 saturated heterocycles. The van der Waals surface area contributed by atoms with Crippen LogP contribution in [0.2, 0.25) is 0 Å². The summed E-state index contributed by atoms with van der Waals surface area (Å²) in [5, 5.41) is 9.51. The van der Waals surface area contributed by atoms with Gasteiger partial charge in [0.05, 0.1) is 19.8 Å². The van der Waals surface area contributed by atoms with Gasteiger partial charge in [0.15, 0.2) is 0 Å². The third kappa shape index (κ3) is 1.39. The summed E-state index contributed by atoms with van der Waals surface area (Å²) in [5.74, 6) is 5.19. The Bertz CT molecular complexity index is 325. The van der Waals surface area contributed by atoms with E-state index in [4.69, 9.17) is 10.6 Å². The van der Waals surface area contributed by atoms with Crippen molar-refractivity contribution in [2.24, 2.45) is 5.90 Å². The van der Waals surface area contributed by atoms with Crippen molar-refractivity contribution >= 4 is 0 Å². The molecule has 0 amide bonds. The van der Waals surface area contributed by atoms with Crippen LogP contribution >= 0.6 is 0 Å². The molecule has 70 valence electrons. The fraction of sp³-hybridized carbons (Fsp3) is 0.333. The van der Waals surface area contributed by atoms with E-state index in [-0.39, 0.29) is 12.4 Å². The van der Waals surface area contributed by atoms with Crippen molar-refractivity contribution < 1.29 is 14.7 Å². The van der Waals surface area contributed by atoms with E-state index in [1.807, 2.05) is 6.07 Å². The highest BCUT2D eigenvalue weighted by Gasteiger charge is 2.17. The Labute approximate surface area is 75.8 Å². The fourth-order valence-electron chi connectivity index (χ4n) is 1.55. The second-order valence-corrected chi connectivity index (χ2v) is 3.00. The summed E-state index contributed by atoms with van der Waals surface area (Å²) in [6.07, 6.45) is 0. The van der Waals surface area contributed by atoms with Crippen LogP contribution in [0.25, 0.3) is 0 Å². The largest absolute Gasteiger partial charge is 0.508 e. The lowest BCUT2D eigenvalue weighted by molar-refractivity contribution is 0.116. The van der Waals surface area contributed by atoms with Crippen LogP contribution in [-0.2, 0) is 29.4 Å². The summed E-state index contributed by atoms with van der Waals surface area (Å²) in [6.45, 7) is 1.36. The van der Waals surface area contributed by atoms with Crippen LogP contribution in [-0.4, -0.2) is 5.11 Å². The monoisotopic (exact) mass is 181 g/mol. The summed E-state index contributed by atoms with van der Waals surface area (Å²) < 4.78 is 5.25. The molecule has 0 bridgehead atoms. The average Bonchev–Trinajstić information content (AvgIpc) is 2.58. The molecule has 4 heteroatoms. The van der Waals surface area contributed by atoms with Crippen molar-refractivity contribution in [3.8, 4) is 5.75 Å². The van der Waals surface area contributed by atoms with Crippen LogP contribution in [0.1, 0.15) is 16.7 Å². The maximum Gasteiger partial charge on any atom is 0.121 e. The molecule has 0 saturated carbocycles. The number of phenols is 1. The van der Waals surface area contributed by atoms with Gasteiger partial charge in [-0.3, -0.25) is 4.84 Å². The minimum Gasteiger partial charge on any atom is -0.508 e. The SMILES string of the molecule is NOCc1c(O)ccc2c1COC2. The van der Waals surface area contributed by atoms with E-state index in [2.05, 4.69) is 4.84 Å². The molecule has 0 spiro atoms. The van der Waals surface area contributed by atoms with Crippen molar-refractivity contribution in [1.29, 1.82) is 0 Å². The molecule has 1 aliphatic rings. The predicted octanol–water partition coefficient (Wildman–Crippen LogP) is 0.813.